The Balaban J connectivity index is 0. The van der Waals surface area contributed by atoms with Gasteiger partial charge in [0, 0.05) is 6.42 Å². The summed E-state index contributed by atoms with van der Waals surface area (Å²) in [7, 11) is -7.56. The first-order chi connectivity index (χ1) is 11.1. The van der Waals surface area contributed by atoms with Gasteiger partial charge in [-0.3, -0.25) is 0 Å². The van der Waals surface area contributed by atoms with Gasteiger partial charge in [0.2, 0.25) is 0 Å². The van der Waals surface area contributed by atoms with Crippen LogP contribution in [0.15, 0.2) is 0 Å². The normalized spacial score (nSPS) is 16.0. The largest absolute Gasteiger partial charge is 1.00 e. The quantitative estimate of drug-likeness (QED) is 0.227. The molecule has 0 fully saturated rings. The smallest absolute Gasteiger partial charge is 0.743 e. The summed E-state index contributed by atoms with van der Waals surface area (Å²) in [6.45, 7) is 0. The third-order valence-corrected chi connectivity index (χ3v) is 3.94. The van der Waals surface area contributed by atoms with Gasteiger partial charge in [0.1, 0.15) is 0 Å². The van der Waals surface area contributed by atoms with Crippen LogP contribution in [-0.2, 0) is 10.1 Å². The molecule has 0 spiro atoms. The van der Waals surface area contributed by atoms with Gasteiger partial charge in [0.25, 0.3) is 0 Å². The van der Waals surface area contributed by atoms with Crippen LogP contribution in [0.3, 0.4) is 0 Å². The van der Waals surface area contributed by atoms with Crippen LogP contribution in [0.25, 0.3) is 0 Å². The maximum atomic E-state index is 13.2. The molecule has 1 unspecified atom stereocenters. The third-order valence-electron chi connectivity index (χ3n) is 3.05. The second-order valence-corrected chi connectivity index (χ2v) is 6.49. The van der Waals surface area contributed by atoms with Crippen LogP contribution in [0, 0.1) is 0 Å². The number of hydrogen-bond acceptors (Lipinski definition) is 3. The van der Waals surface area contributed by atoms with E-state index in [4.69, 9.17) is 0 Å². The molecule has 3 nitrogen and oxygen atoms in total. The van der Waals surface area contributed by atoms with Crippen molar-refractivity contribution in [2.24, 2.45) is 0 Å². The molecule has 0 aliphatic heterocycles. The van der Waals surface area contributed by atoms with E-state index >= 15 is 0 Å². The van der Waals surface area contributed by atoms with Crippen molar-refractivity contribution in [3.8, 4) is 0 Å². The molecule has 0 saturated carbocycles. The third kappa shape index (κ3) is 6.02. The van der Waals surface area contributed by atoms with Crippen molar-refractivity contribution < 1.29 is 95.2 Å². The Morgan fingerprint density at radius 2 is 1.19 bits per heavy atom. The zero-order valence-electron chi connectivity index (χ0n) is 13.1. The summed E-state index contributed by atoms with van der Waals surface area (Å²) in [6, 6.07) is 0. The van der Waals surface area contributed by atoms with Crippen LogP contribution >= 0.6 is 0 Å². The Morgan fingerprint density at radius 3 is 1.52 bits per heavy atom. The first-order valence-electron chi connectivity index (χ1n) is 6.30. The molecule has 0 aromatic heterocycles. The van der Waals surface area contributed by atoms with Gasteiger partial charge in [0.15, 0.2) is 16.3 Å². The van der Waals surface area contributed by atoms with Gasteiger partial charge in [-0.2, -0.15) is 48.3 Å². The Morgan fingerprint density at radius 1 is 0.778 bits per heavy atom. The summed E-state index contributed by atoms with van der Waals surface area (Å²) in [4.78, 5) is 0. The minimum absolute atomic E-state index is 0. The average molecular weight is 460 g/mol. The fourth-order valence-corrected chi connectivity index (χ4v) is 2.02. The van der Waals surface area contributed by atoms with Crippen molar-refractivity contribution in [2.75, 3.05) is 0 Å². The second kappa shape index (κ2) is 8.83. The van der Waals surface area contributed by atoms with Crippen LogP contribution in [0.1, 0.15) is 25.7 Å². The molecular formula is C10H9F12NaO3S. The van der Waals surface area contributed by atoms with E-state index < -0.39 is 71.2 Å². The molecule has 27 heavy (non-hydrogen) atoms. The summed E-state index contributed by atoms with van der Waals surface area (Å²) in [6.07, 6.45) is -14.9. The molecular weight excluding hydrogens is 451 g/mol. The second-order valence-electron chi connectivity index (χ2n) is 5.07. The molecule has 0 saturated heterocycles. The molecule has 0 aliphatic carbocycles. The molecule has 1 atom stereocenters. The maximum absolute atomic E-state index is 13.2. The van der Waals surface area contributed by atoms with Crippen LogP contribution in [0.2, 0.25) is 0 Å². The number of unbranched alkanes of at least 4 members (excludes halogenated alkanes) is 1. The fourth-order valence-electron chi connectivity index (χ4n) is 1.58. The zero-order valence-corrected chi connectivity index (χ0v) is 15.9. The van der Waals surface area contributed by atoms with E-state index in [1.807, 2.05) is 0 Å². The molecule has 0 N–H and O–H groups in total. The van der Waals surface area contributed by atoms with Crippen LogP contribution in [0.4, 0.5) is 52.7 Å². The van der Waals surface area contributed by atoms with E-state index in [0.29, 0.717) is 0 Å². The van der Waals surface area contributed by atoms with Gasteiger partial charge >= 0.3 is 58.8 Å². The van der Waals surface area contributed by atoms with Crippen molar-refractivity contribution in [1.29, 1.82) is 0 Å². The molecule has 0 aromatic rings. The van der Waals surface area contributed by atoms with Gasteiger partial charge < -0.3 is 4.55 Å². The first-order valence-corrected chi connectivity index (χ1v) is 7.71. The number of alkyl halides is 12. The zero-order chi connectivity index (χ0) is 21.4. The van der Waals surface area contributed by atoms with Gasteiger partial charge in [-0.1, -0.05) is 0 Å². The van der Waals surface area contributed by atoms with Crippen molar-refractivity contribution in [3.05, 3.63) is 0 Å². The minimum Gasteiger partial charge on any atom is -0.743 e. The molecule has 17 heteroatoms. The first kappa shape index (κ1) is 29.3. The van der Waals surface area contributed by atoms with Crippen LogP contribution < -0.4 is 29.6 Å². The van der Waals surface area contributed by atoms with Gasteiger partial charge in [0.05, 0.1) is 0 Å². The van der Waals surface area contributed by atoms with Crippen molar-refractivity contribution >= 4 is 10.1 Å². The molecule has 0 aromatic carbocycles. The van der Waals surface area contributed by atoms with Crippen molar-refractivity contribution in [1.82, 2.24) is 0 Å². The Kier molecular flexibility index (Phi) is 9.58. The maximum Gasteiger partial charge on any atom is 1.00 e. The van der Waals surface area contributed by atoms with Crippen molar-refractivity contribution in [2.45, 2.75) is 61.1 Å². The predicted molar refractivity (Wildman–Crippen MR) is 58.9 cm³/mol. The van der Waals surface area contributed by atoms with Crippen LogP contribution in [0.5, 0.6) is 0 Å². The van der Waals surface area contributed by atoms with E-state index in [1.54, 1.807) is 0 Å². The van der Waals surface area contributed by atoms with Crippen LogP contribution in [-0.4, -0.2) is 48.3 Å². The Hall–Kier alpha value is 0.0700. The molecule has 0 aliphatic rings. The van der Waals surface area contributed by atoms with Gasteiger partial charge in [-0.25, -0.2) is 12.8 Å². The van der Waals surface area contributed by atoms with Gasteiger partial charge in [-0.15, -0.1) is 0 Å². The molecule has 0 bridgehead atoms. The van der Waals surface area contributed by atoms with E-state index in [2.05, 4.69) is 0 Å². The molecule has 0 amide bonds. The molecule has 0 heterocycles. The Bertz CT molecular complexity index is 589. The van der Waals surface area contributed by atoms with Gasteiger partial charge in [-0.05, 0) is 19.3 Å². The average Bonchev–Trinajstić information content (AvgIpc) is 2.40. The standard InChI is InChI=1S/C10H10F12O3S.Na/c11-5(3-1-2-4-6(12,13)14)7(15,16)8(17,18)9(19,20)10(21,22)26(23,24)25;/h5H,1-4H2,(H,23,24,25);/q;+1/p-1. The van der Waals surface area contributed by atoms with E-state index in [9.17, 15) is 65.7 Å². The minimum atomic E-state index is -7.56. The summed E-state index contributed by atoms with van der Waals surface area (Å²) in [5, 5.41) is -7.22. The SMILES string of the molecule is O=S(=O)([O-])C(F)(F)C(F)(F)C(F)(F)C(F)(F)C(F)CCCCC(F)(F)F.[Na+]. The molecule has 0 rings (SSSR count). The summed E-state index contributed by atoms with van der Waals surface area (Å²) in [5.74, 6) is -21.5. The van der Waals surface area contributed by atoms with E-state index in [1.165, 1.54) is 0 Å². The number of rotatable bonds is 9. The number of hydrogen-bond donors (Lipinski definition) is 0. The summed E-state index contributed by atoms with van der Waals surface area (Å²) in [5.41, 5.74) is 0. The van der Waals surface area contributed by atoms with E-state index in [0.717, 1.165) is 0 Å². The topological polar surface area (TPSA) is 57.2 Å². The molecule has 158 valence electrons. The summed E-state index contributed by atoms with van der Waals surface area (Å²) < 4.78 is 183. The molecule has 0 radical (unpaired) electrons. The fraction of sp³-hybridized carbons (Fsp3) is 1.00. The Labute approximate surface area is 166 Å². The van der Waals surface area contributed by atoms with Crippen molar-refractivity contribution in [3.63, 3.8) is 0 Å². The summed E-state index contributed by atoms with van der Waals surface area (Å²) >= 11 is 0. The number of halogens is 12. The monoisotopic (exact) mass is 460 g/mol. The van der Waals surface area contributed by atoms with E-state index in [-0.39, 0.29) is 29.6 Å². The predicted octanol–water partition coefficient (Wildman–Crippen LogP) is 1.50.